The van der Waals surface area contributed by atoms with E-state index in [2.05, 4.69) is 22.9 Å². The highest BCUT2D eigenvalue weighted by atomic mass is 16.5. The molecule has 0 N–H and O–H groups in total. The van der Waals surface area contributed by atoms with Crippen LogP contribution in [0.3, 0.4) is 0 Å². The Hall–Kier alpha value is -0.630. The second-order valence-corrected chi connectivity index (χ2v) is 4.42. The lowest BCUT2D eigenvalue weighted by molar-refractivity contribution is 0.0591. The van der Waals surface area contributed by atoms with E-state index in [-0.39, 0.29) is 5.54 Å². The van der Waals surface area contributed by atoms with E-state index in [1.54, 1.807) is 7.11 Å². The molecule has 1 atom stereocenters. The van der Waals surface area contributed by atoms with E-state index in [1.807, 2.05) is 6.92 Å². The van der Waals surface area contributed by atoms with Gasteiger partial charge in [0.05, 0.1) is 6.07 Å². The van der Waals surface area contributed by atoms with Crippen LogP contribution >= 0.6 is 0 Å². The van der Waals surface area contributed by atoms with E-state index in [4.69, 9.17) is 4.74 Å². The average molecular weight is 211 g/mol. The minimum absolute atomic E-state index is 0.364. The molecule has 0 aromatic rings. The summed E-state index contributed by atoms with van der Waals surface area (Å²) in [7, 11) is 3.80. The minimum atomic E-state index is -0.364. The number of hydrogen-bond acceptors (Lipinski definition) is 4. The van der Waals surface area contributed by atoms with Crippen molar-refractivity contribution >= 4 is 0 Å². The molecule has 4 nitrogen and oxygen atoms in total. The van der Waals surface area contributed by atoms with Crippen LogP contribution in [0.2, 0.25) is 0 Å². The first-order valence-electron chi connectivity index (χ1n) is 5.46. The van der Waals surface area contributed by atoms with Gasteiger partial charge >= 0.3 is 0 Å². The molecular formula is C11H21N3O. The van der Waals surface area contributed by atoms with Crippen LogP contribution < -0.4 is 0 Å². The van der Waals surface area contributed by atoms with Gasteiger partial charge in [-0.3, -0.25) is 4.90 Å². The Morgan fingerprint density at radius 2 is 1.93 bits per heavy atom. The van der Waals surface area contributed by atoms with Gasteiger partial charge in [-0.05, 0) is 14.0 Å². The molecule has 1 aliphatic heterocycles. The Kier molecular flexibility index (Phi) is 4.52. The molecule has 1 rings (SSSR count). The first-order valence-corrected chi connectivity index (χ1v) is 5.46. The standard InChI is InChI=1S/C11H21N3O/c1-11(10-12,4-9-15-3)14-7-5-13(2)6-8-14/h4-9H2,1-3H3. The maximum atomic E-state index is 9.27. The van der Waals surface area contributed by atoms with Crippen molar-refractivity contribution in [3.05, 3.63) is 0 Å². The van der Waals surface area contributed by atoms with Gasteiger partial charge in [0.25, 0.3) is 0 Å². The lowest BCUT2D eigenvalue weighted by atomic mass is 9.97. The number of ether oxygens (including phenoxy) is 1. The Morgan fingerprint density at radius 3 is 2.40 bits per heavy atom. The third-order valence-corrected chi connectivity index (χ3v) is 3.24. The molecule has 1 unspecified atom stereocenters. The van der Waals surface area contributed by atoms with Crippen LogP contribution in [0.15, 0.2) is 0 Å². The molecule has 0 spiro atoms. The topological polar surface area (TPSA) is 39.5 Å². The zero-order chi connectivity index (χ0) is 11.3. The summed E-state index contributed by atoms with van der Waals surface area (Å²) in [6.07, 6.45) is 0.781. The Balaban J connectivity index is 2.54. The molecule has 1 fully saturated rings. The van der Waals surface area contributed by atoms with E-state index < -0.39 is 0 Å². The van der Waals surface area contributed by atoms with Crippen molar-refractivity contribution in [2.24, 2.45) is 0 Å². The molecule has 4 heteroatoms. The highest BCUT2D eigenvalue weighted by molar-refractivity contribution is 5.06. The highest BCUT2D eigenvalue weighted by Crippen LogP contribution is 2.20. The van der Waals surface area contributed by atoms with E-state index in [0.29, 0.717) is 6.61 Å². The molecule has 0 saturated carbocycles. The molecule has 0 radical (unpaired) electrons. The molecule has 0 amide bonds. The number of nitriles is 1. The van der Waals surface area contributed by atoms with Gasteiger partial charge < -0.3 is 9.64 Å². The summed E-state index contributed by atoms with van der Waals surface area (Å²) in [5.41, 5.74) is -0.364. The second-order valence-electron chi connectivity index (χ2n) is 4.42. The first kappa shape index (κ1) is 12.4. The average Bonchev–Trinajstić information content (AvgIpc) is 2.27. The Bertz CT molecular complexity index is 230. The molecule has 1 heterocycles. The zero-order valence-electron chi connectivity index (χ0n) is 9.99. The fourth-order valence-corrected chi connectivity index (χ4v) is 1.89. The molecule has 15 heavy (non-hydrogen) atoms. The second kappa shape index (κ2) is 5.45. The van der Waals surface area contributed by atoms with Crippen LogP contribution in [0, 0.1) is 11.3 Å². The van der Waals surface area contributed by atoms with Gasteiger partial charge in [-0.25, -0.2) is 0 Å². The van der Waals surface area contributed by atoms with Crippen LogP contribution in [0.1, 0.15) is 13.3 Å². The van der Waals surface area contributed by atoms with Crippen LogP contribution in [0.5, 0.6) is 0 Å². The van der Waals surface area contributed by atoms with Crippen LogP contribution in [0.25, 0.3) is 0 Å². The molecule has 0 aliphatic carbocycles. The lowest BCUT2D eigenvalue weighted by Crippen LogP contribution is -2.54. The van der Waals surface area contributed by atoms with Crippen LogP contribution in [-0.4, -0.2) is 62.3 Å². The van der Waals surface area contributed by atoms with Crippen LogP contribution in [0.4, 0.5) is 0 Å². The fourth-order valence-electron chi connectivity index (χ4n) is 1.89. The lowest BCUT2D eigenvalue weighted by Gasteiger charge is -2.41. The quantitative estimate of drug-likeness (QED) is 0.681. The van der Waals surface area contributed by atoms with Crippen molar-refractivity contribution in [1.29, 1.82) is 5.26 Å². The smallest absolute Gasteiger partial charge is 0.108 e. The van der Waals surface area contributed by atoms with Crippen molar-refractivity contribution in [3.8, 4) is 6.07 Å². The van der Waals surface area contributed by atoms with E-state index in [1.165, 1.54) is 0 Å². The van der Waals surface area contributed by atoms with Crippen molar-refractivity contribution in [3.63, 3.8) is 0 Å². The number of piperazine rings is 1. The fraction of sp³-hybridized carbons (Fsp3) is 0.909. The largest absolute Gasteiger partial charge is 0.385 e. The number of methoxy groups -OCH3 is 1. The van der Waals surface area contributed by atoms with Gasteiger partial charge in [0.15, 0.2) is 0 Å². The molecule has 0 bridgehead atoms. The van der Waals surface area contributed by atoms with Crippen LogP contribution in [-0.2, 0) is 4.74 Å². The van der Waals surface area contributed by atoms with Gasteiger partial charge in [-0.15, -0.1) is 0 Å². The monoisotopic (exact) mass is 211 g/mol. The number of rotatable bonds is 4. The predicted molar refractivity (Wildman–Crippen MR) is 59.6 cm³/mol. The summed E-state index contributed by atoms with van der Waals surface area (Å²) < 4.78 is 5.06. The van der Waals surface area contributed by atoms with Gasteiger partial charge in [-0.2, -0.15) is 5.26 Å². The van der Waals surface area contributed by atoms with Crippen molar-refractivity contribution in [1.82, 2.24) is 9.80 Å². The van der Waals surface area contributed by atoms with Gasteiger partial charge in [0.2, 0.25) is 0 Å². The maximum Gasteiger partial charge on any atom is 0.108 e. The zero-order valence-corrected chi connectivity index (χ0v) is 9.99. The van der Waals surface area contributed by atoms with Crippen molar-refractivity contribution in [2.45, 2.75) is 18.9 Å². The summed E-state index contributed by atoms with van der Waals surface area (Å²) >= 11 is 0. The summed E-state index contributed by atoms with van der Waals surface area (Å²) in [5, 5.41) is 9.27. The normalized spacial score (nSPS) is 23.3. The minimum Gasteiger partial charge on any atom is -0.385 e. The number of hydrogen-bond donors (Lipinski definition) is 0. The molecule has 86 valence electrons. The highest BCUT2D eigenvalue weighted by Gasteiger charge is 2.33. The molecule has 0 aromatic heterocycles. The molecule has 1 aliphatic rings. The van der Waals surface area contributed by atoms with Gasteiger partial charge in [0, 0.05) is 46.3 Å². The number of likely N-dealkylation sites (N-methyl/N-ethyl adjacent to an activating group) is 1. The van der Waals surface area contributed by atoms with Crippen molar-refractivity contribution < 1.29 is 4.74 Å². The Labute approximate surface area is 92.4 Å². The van der Waals surface area contributed by atoms with E-state index in [0.717, 1.165) is 32.6 Å². The molecule has 1 saturated heterocycles. The third kappa shape index (κ3) is 3.16. The van der Waals surface area contributed by atoms with Crippen molar-refractivity contribution in [2.75, 3.05) is 46.9 Å². The van der Waals surface area contributed by atoms with Gasteiger partial charge in [0.1, 0.15) is 5.54 Å². The molecular weight excluding hydrogens is 190 g/mol. The predicted octanol–water partition coefficient (Wildman–Crippen LogP) is 0.553. The van der Waals surface area contributed by atoms with E-state index >= 15 is 0 Å². The summed E-state index contributed by atoms with van der Waals surface area (Å²) in [4.78, 5) is 4.57. The summed E-state index contributed by atoms with van der Waals surface area (Å²) in [6.45, 7) is 6.71. The van der Waals surface area contributed by atoms with Gasteiger partial charge in [-0.1, -0.05) is 0 Å². The Morgan fingerprint density at radius 1 is 1.33 bits per heavy atom. The van der Waals surface area contributed by atoms with E-state index in [9.17, 15) is 5.26 Å². The third-order valence-electron chi connectivity index (χ3n) is 3.24. The summed E-state index contributed by atoms with van der Waals surface area (Å²) in [5.74, 6) is 0. The maximum absolute atomic E-state index is 9.27. The molecule has 0 aromatic carbocycles. The SMILES string of the molecule is COCCC(C)(C#N)N1CCN(C)CC1. The number of nitrogens with zero attached hydrogens (tertiary/aromatic N) is 3. The summed E-state index contributed by atoms with van der Waals surface area (Å²) in [6, 6.07) is 2.43. The first-order chi connectivity index (χ1) is 7.12.